The number of ether oxygens (including phenoxy) is 1. The molecule has 0 radical (unpaired) electrons. The average Bonchev–Trinajstić information content (AvgIpc) is 2.43. The van der Waals surface area contributed by atoms with Crippen LogP contribution in [-0.2, 0) is 4.74 Å². The first-order valence-corrected chi connectivity index (χ1v) is 6.27. The van der Waals surface area contributed by atoms with Crippen molar-refractivity contribution in [2.45, 2.75) is 13.8 Å². The maximum absolute atomic E-state index is 13.8. The Labute approximate surface area is 122 Å². The monoisotopic (exact) mass is 296 g/mol. The van der Waals surface area contributed by atoms with Gasteiger partial charge in [-0.2, -0.15) is 0 Å². The molecule has 0 amide bonds. The lowest BCUT2D eigenvalue weighted by atomic mass is 10.1. The van der Waals surface area contributed by atoms with E-state index < -0.39 is 22.4 Å². The molecule has 21 heavy (non-hydrogen) atoms. The summed E-state index contributed by atoms with van der Waals surface area (Å²) in [7, 11) is 1.12. The summed E-state index contributed by atoms with van der Waals surface area (Å²) in [4.78, 5) is 23.6. The van der Waals surface area contributed by atoms with E-state index in [0.29, 0.717) is 13.1 Å². The van der Waals surface area contributed by atoms with Crippen molar-refractivity contribution < 1.29 is 18.8 Å². The Kier molecular flexibility index (Phi) is 5.40. The fraction of sp³-hybridized carbons (Fsp3) is 0.357. The molecule has 0 aromatic heterocycles. The Morgan fingerprint density at radius 2 is 2.14 bits per heavy atom. The van der Waals surface area contributed by atoms with Crippen LogP contribution in [0.3, 0.4) is 0 Å². The lowest BCUT2D eigenvalue weighted by Crippen LogP contribution is -2.26. The molecule has 0 aliphatic carbocycles. The minimum Gasteiger partial charge on any atom is -0.465 e. The fourth-order valence-corrected chi connectivity index (χ4v) is 1.91. The van der Waals surface area contributed by atoms with Gasteiger partial charge in [-0.15, -0.1) is 0 Å². The minimum atomic E-state index is -0.983. The minimum absolute atomic E-state index is 0.160. The van der Waals surface area contributed by atoms with E-state index in [0.717, 1.165) is 24.8 Å². The first kappa shape index (κ1) is 16.6. The first-order chi connectivity index (χ1) is 9.81. The van der Waals surface area contributed by atoms with Crippen molar-refractivity contribution >= 4 is 17.3 Å². The number of halogens is 1. The van der Waals surface area contributed by atoms with Gasteiger partial charge in [0, 0.05) is 13.1 Å². The van der Waals surface area contributed by atoms with Crippen LogP contribution in [0.4, 0.5) is 15.8 Å². The van der Waals surface area contributed by atoms with E-state index in [9.17, 15) is 19.3 Å². The van der Waals surface area contributed by atoms with Crippen LogP contribution < -0.4 is 4.90 Å². The predicted molar refractivity (Wildman–Crippen MR) is 77.1 cm³/mol. The highest BCUT2D eigenvalue weighted by atomic mass is 19.1. The molecule has 0 aliphatic heterocycles. The van der Waals surface area contributed by atoms with Gasteiger partial charge in [-0.25, -0.2) is 9.18 Å². The second kappa shape index (κ2) is 6.83. The number of esters is 1. The van der Waals surface area contributed by atoms with Crippen molar-refractivity contribution in [3.05, 3.63) is 45.8 Å². The summed E-state index contributed by atoms with van der Waals surface area (Å²) < 4.78 is 18.3. The molecule has 0 atom stereocenters. The van der Waals surface area contributed by atoms with Crippen molar-refractivity contribution in [3.63, 3.8) is 0 Å². The fourth-order valence-electron chi connectivity index (χ4n) is 1.91. The number of methoxy groups -OCH3 is 1. The van der Waals surface area contributed by atoms with Crippen molar-refractivity contribution in [1.82, 2.24) is 0 Å². The molecular formula is C14H17FN2O4. The summed E-state index contributed by atoms with van der Waals surface area (Å²) in [5, 5.41) is 11.1. The Hall–Kier alpha value is -2.44. The summed E-state index contributed by atoms with van der Waals surface area (Å²) in [6.45, 7) is 8.14. The normalized spacial score (nSPS) is 10.1. The molecule has 0 fully saturated rings. The number of anilines is 1. The lowest BCUT2D eigenvalue weighted by Gasteiger charge is -2.23. The number of carbonyl (C=O) groups excluding carboxylic acids is 1. The van der Waals surface area contributed by atoms with Gasteiger partial charge in [0.15, 0.2) is 0 Å². The van der Waals surface area contributed by atoms with E-state index >= 15 is 0 Å². The molecule has 0 unspecified atom stereocenters. The number of nitro benzene ring substituents is 1. The Bertz CT molecular complexity index is 587. The molecule has 7 heteroatoms. The maximum atomic E-state index is 13.8. The topological polar surface area (TPSA) is 72.7 Å². The number of likely N-dealkylation sites (N-methyl/N-ethyl adjacent to an activating group) is 1. The van der Waals surface area contributed by atoms with Crippen LogP contribution in [0.1, 0.15) is 24.2 Å². The summed E-state index contributed by atoms with van der Waals surface area (Å²) in [5.74, 6) is -1.86. The highest BCUT2D eigenvalue weighted by Crippen LogP contribution is 2.31. The molecule has 1 rings (SSSR count). The van der Waals surface area contributed by atoms with Crippen LogP contribution >= 0.6 is 0 Å². The van der Waals surface area contributed by atoms with E-state index in [1.807, 2.05) is 0 Å². The molecule has 1 aromatic carbocycles. The second-order valence-corrected chi connectivity index (χ2v) is 4.54. The lowest BCUT2D eigenvalue weighted by molar-refractivity contribution is -0.384. The SMILES string of the molecule is C=C(C)CN(CC)c1cc(C(=O)OC)c(F)cc1[N+](=O)[O-]. The summed E-state index contributed by atoms with van der Waals surface area (Å²) in [6.07, 6.45) is 0. The van der Waals surface area contributed by atoms with Gasteiger partial charge in [0.1, 0.15) is 11.5 Å². The first-order valence-electron chi connectivity index (χ1n) is 6.27. The van der Waals surface area contributed by atoms with Gasteiger partial charge in [-0.3, -0.25) is 10.1 Å². The van der Waals surface area contributed by atoms with Gasteiger partial charge in [0.2, 0.25) is 0 Å². The highest BCUT2D eigenvalue weighted by molar-refractivity contribution is 5.92. The zero-order valence-electron chi connectivity index (χ0n) is 12.2. The number of carbonyl (C=O) groups is 1. The molecular weight excluding hydrogens is 279 g/mol. The summed E-state index contributed by atoms with van der Waals surface area (Å²) >= 11 is 0. The van der Waals surface area contributed by atoms with E-state index in [1.54, 1.807) is 18.7 Å². The van der Waals surface area contributed by atoms with Gasteiger partial charge in [-0.1, -0.05) is 12.2 Å². The van der Waals surface area contributed by atoms with E-state index in [4.69, 9.17) is 0 Å². The number of rotatable bonds is 6. The highest BCUT2D eigenvalue weighted by Gasteiger charge is 2.25. The molecule has 0 saturated heterocycles. The molecule has 0 saturated carbocycles. The molecule has 1 aromatic rings. The van der Waals surface area contributed by atoms with Gasteiger partial charge in [0.25, 0.3) is 5.69 Å². The quantitative estimate of drug-likeness (QED) is 0.349. The van der Waals surface area contributed by atoms with Crippen LogP contribution in [0, 0.1) is 15.9 Å². The van der Waals surface area contributed by atoms with Crippen molar-refractivity contribution in [2.24, 2.45) is 0 Å². The van der Waals surface area contributed by atoms with E-state index in [-0.39, 0.29) is 11.3 Å². The third-order valence-electron chi connectivity index (χ3n) is 2.85. The third kappa shape index (κ3) is 3.77. The Morgan fingerprint density at radius 1 is 1.52 bits per heavy atom. The summed E-state index contributed by atoms with van der Waals surface area (Å²) in [6, 6.07) is 1.88. The van der Waals surface area contributed by atoms with Crippen LogP contribution in [0.2, 0.25) is 0 Å². The van der Waals surface area contributed by atoms with Crippen LogP contribution in [0.5, 0.6) is 0 Å². The molecule has 114 valence electrons. The maximum Gasteiger partial charge on any atom is 0.340 e. The molecule has 0 heterocycles. The number of hydrogen-bond acceptors (Lipinski definition) is 5. The number of hydrogen-bond donors (Lipinski definition) is 0. The van der Waals surface area contributed by atoms with Crippen LogP contribution in [0.25, 0.3) is 0 Å². The number of nitro groups is 1. The second-order valence-electron chi connectivity index (χ2n) is 4.54. The Balaban J connectivity index is 3.47. The zero-order valence-corrected chi connectivity index (χ0v) is 12.2. The van der Waals surface area contributed by atoms with Crippen molar-refractivity contribution in [2.75, 3.05) is 25.1 Å². The number of benzene rings is 1. The third-order valence-corrected chi connectivity index (χ3v) is 2.85. The van der Waals surface area contributed by atoms with Gasteiger partial charge in [0.05, 0.1) is 23.7 Å². The average molecular weight is 296 g/mol. The van der Waals surface area contributed by atoms with Crippen LogP contribution in [-0.4, -0.2) is 31.1 Å². The van der Waals surface area contributed by atoms with Crippen LogP contribution in [0.15, 0.2) is 24.3 Å². The van der Waals surface area contributed by atoms with Crippen molar-refractivity contribution in [1.29, 1.82) is 0 Å². The standard InChI is InChI=1S/C14H17FN2O4/c1-5-16(8-9(2)3)12-6-10(14(18)21-4)11(15)7-13(12)17(19)20/h6-7H,2,5,8H2,1,3-4H3. The van der Waals surface area contributed by atoms with E-state index in [2.05, 4.69) is 11.3 Å². The summed E-state index contributed by atoms with van der Waals surface area (Å²) in [5.41, 5.74) is 0.212. The van der Waals surface area contributed by atoms with Crippen molar-refractivity contribution in [3.8, 4) is 0 Å². The van der Waals surface area contributed by atoms with E-state index in [1.165, 1.54) is 0 Å². The molecule has 0 spiro atoms. The molecule has 0 N–H and O–H groups in total. The Morgan fingerprint density at radius 3 is 2.57 bits per heavy atom. The zero-order chi connectivity index (χ0) is 16.2. The van der Waals surface area contributed by atoms with Gasteiger partial charge in [-0.05, 0) is 19.9 Å². The molecule has 0 bridgehead atoms. The predicted octanol–water partition coefficient (Wildman–Crippen LogP) is 2.92. The molecule has 6 nitrogen and oxygen atoms in total. The number of nitrogens with zero attached hydrogens (tertiary/aromatic N) is 2. The smallest absolute Gasteiger partial charge is 0.340 e. The molecule has 0 aliphatic rings. The van der Waals surface area contributed by atoms with Gasteiger partial charge < -0.3 is 9.64 Å². The largest absolute Gasteiger partial charge is 0.465 e. The van der Waals surface area contributed by atoms with Gasteiger partial charge >= 0.3 is 5.97 Å².